The minimum absolute atomic E-state index is 0.0248. The normalized spacial score (nSPS) is 13.5. The summed E-state index contributed by atoms with van der Waals surface area (Å²) >= 11 is 5.73. The molecule has 0 aliphatic heterocycles. The van der Waals surface area contributed by atoms with E-state index in [1.165, 1.54) is 29.0 Å². The predicted molar refractivity (Wildman–Crippen MR) is 66.0 cm³/mol. The van der Waals surface area contributed by atoms with E-state index in [1.54, 1.807) is 0 Å². The maximum Gasteiger partial charge on any atom is 0.418 e. The Balaban J connectivity index is 2.20. The summed E-state index contributed by atoms with van der Waals surface area (Å²) < 4.78 is 51.9. The molecule has 2 rings (SSSR count). The molecule has 0 amide bonds. The fourth-order valence-corrected chi connectivity index (χ4v) is 1.96. The van der Waals surface area contributed by atoms with Gasteiger partial charge in [-0.15, -0.1) is 0 Å². The van der Waals surface area contributed by atoms with Crippen molar-refractivity contribution in [3.8, 4) is 0 Å². The highest BCUT2D eigenvalue weighted by Gasteiger charge is 2.39. The second-order valence-corrected chi connectivity index (χ2v) is 4.73. The molecule has 0 bridgehead atoms. The van der Waals surface area contributed by atoms with Crippen LogP contribution >= 0.6 is 11.6 Å². The number of aliphatic hydroxyl groups is 1. The maximum absolute atomic E-state index is 13.5. The van der Waals surface area contributed by atoms with Crippen LogP contribution in [0.3, 0.4) is 0 Å². The first-order chi connectivity index (χ1) is 9.27. The van der Waals surface area contributed by atoms with Crippen molar-refractivity contribution >= 4 is 11.6 Å². The summed E-state index contributed by atoms with van der Waals surface area (Å²) in [4.78, 5) is 0. The molecule has 0 fully saturated rings. The molecule has 1 unspecified atom stereocenters. The number of alkyl halides is 3. The van der Waals surface area contributed by atoms with Gasteiger partial charge < -0.3 is 9.67 Å². The molecule has 1 aromatic carbocycles. The predicted octanol–water partition coefficient (Wildman–Crippen LogP) is 3.92. The van der Waals surface area contributed by atoms with Crippen molar-refractivity contribution in [2.24, 2.45) is 0 Å². The third kappa shape index (κ3) is 3.32. The summed E-state index contributed by atoms with van der Waals surface area (Å²) in [6.45, 7) is 0.0248. The van der Waals surface area contributed by atoms with E-state index in [9.17, 15) is 17.6 Å². The number of aliphatic hydroxyl groups excluding tert-OH is 1. The van der Waals surface area contributed by atoms with Gasteiger partial charge in [-0.2, -0.15) is 13.2 Å². The van der Waals surface area contributed by atoms with Crippen molar-refractivity contribution in [2.45, 2.75) is 18.8 Å². The van der Waals surface area contributed by atoms with Crippen LogP contribution in [-0.4, -0.2) is 15.8 Å². The molecule has 0 aliphatic rings. The van der Waals surface area contributed by atoms with Crippen LogP contribution in [0.4, 0.5) is 17.6 Å². The van der Waals surface area contributed by atoms with Gasteiger partial charge in [0.25, 0.3) is 0 Å². The van der Waals surface area contributed by atoms with Crippen LogP contribution in [0.2, 0.25) is 5.02 Å². The van der Waals surface area contributed by atoms with Gasteiger partial charge >= 0.3 is 6.18 Å². The van der Waals surface area contributed by atoms with Crippen LogP contribution in [0, 0.1) is 5.82 Å². The zero-order valence-corrected chi connectivity index (χ0v) is 10.8. The van der Waals surface area contributed by atoms with Crippen molar-refractivity contribution in [1.29, 1.82) is 0 Å². The van der Waals surface area contributed by atoms with Crippen LogP contribution in [0.1, 0.15) is 17.2 Å². The molecule has 7 heteroatoms. The third-order valence-corrected chi connectivity index (χ3v) is 2.99. The Morgan fingerprint density at radius 3 is 2.60 bits per heavy atom. The van der Waals surface area contributed by atoms with Crippen LogP contribution in [0.5, 0.6) is 0 Å². The number of hydrogen-bond donors (Lipinski definition) is 1. The smallest absolute Gasteiger partial charge is 0.379 e. The maximum atomic E-state index is 13.5. The van der Waals surface area contributed by atoms with Gasteiger partial charge in [0.1, 0.15) is 5.82 Å². The van der Waals surface area contributed by atoms with Gasteiger partial charge in [-0.1, -0.05) is 11.6 Å². The van der Waals surface area contributed by atoms with Gasteiger partial charge in [0.05, 0.1) is 0 Å². The average molecular weight is 308 g/mol. The summed E-state index contributed by atoms with van der Waals surface area (Å²) in [7, 11) is 0. The van der Waals surface area contributed by atoms with Gasteiger partial charge in [-0.3, -0.25) is 0 Å². The minimum atomic E-state index is -4.73. The molecular formula is C13H10ClF4NO. The average Bonchev–Trinajstić information content (AvgIpc) is 2.80. The van der Waals surface area contributed by atoms with E-state index >= 15 is 0 Å². The second-order valence-electron chi connectivity index (χ2n) is 4.30. The van der Waals surface area contributed by atoms with Crippen molar-refractivity contribution in [2.75, 3.05) is 0 Å². The second kappa shape index (κ2) is 5.46. The van der Waals surface area contributed by atoms with Gasteiger partial charge in [0, 0.05) is 35.1 Å². The first kappa shape index (κ1) is 14.9. The molecule has 0 spiro atoms. The highest BCUT2D eigenvalue weighted by atomic mass is 35.5. The lowest BCUT2D eigenvalue weighted by atomic mass is 10.2. The van der Waals surface area contributed by atoms with Gasteiger partial charge in [0.15, 0.2) is 6.10 Å². The van der Waals surface area contributed by atoms with Crippen molar-refractivity contribution < 1.29 is 22.7 Å². The molecule has 2 nitrogen and oxygen atoms in total. The van der Waals surface area contributed by atoms with Gasteiger partial charge in [0.2, 0.25) is 0 Å². The highest BCUT2D eigenvalue weighted by molar-refractivity contribution is 6.30. The van der Waals surface area contributed by atoms with Crippen LogP contribution in [0.25, 0.3) is 0 Å². The molecule has 0 radical (unpaired) electrons. The molecule has 0 saturated heterocycles. The Morgan fingerprint density at radius 2 is 1.95 bits per heavy atom. The highest BCUT2D eigenvalue weighted by Crippen LogP contribution is 2.32. The number of benzene rings is 1. The van der Waals surface area contributed by atoms with Gasteiger partial charge in [-0.05, 0) is 24.3 Å². The van der Waals surface area contributed by atoms with Crippen LogP contribution in [-0.2, 0) is 6.54 Å². The minimum Gasteiger partial charge on any atom is -0.379 e. The van der Waals surface area contributed by atoms with Crippen molar-refractivity contribution in [1.82, 2.24) is 4.57 Å². The molecule has 108 valence electrons. The summed E-state index contributed by atoms with van der Waals surface area (Å²) in [5.74, 6) is -0.499. The Morgan fingerprint density at radius 1 is 1.25 bits per heavy atom. The molecule has 1 N–H and O–H groups in total. The number of aromatic nitrogens is 1. The zero-order chi connectivity index (χ0) is 14.9. The topological polar surface area (TPSA) is 25.2 Å². The number of rotatable bonds is 3. The lowest BCUT2D eigenvalue weighted by Gasteiger charge is -2.12. The Hall–Kier alpha value is -1.53. The van der Waals surface area contributed by atoms with E-state index in [-0.39, 0.29) is 17.7 Å². The largest absolute Gasteiger partial charge is 0.418 e. The van der Waals surface area contributed by atoms with E-state index < -0.39 is 18.1 Å². The Kier molecular flexibility index (Phi) is 4.06. The van der Waals surface area contributed by atoms with Crippen molar-refractivity contribution in [3.05, 3.63) is 58.6 Å². The number of hydrogen-bond acceptors (Lipinski definition) is 1. The zero-order valence-electron chi connectivity index (χ0n) is 10.0. The molecule has 1 heterocycles. The standard InChI is InChI=1S/C13H10ClF4NO/c14-10-1-2-11(15)9(5-10)7-19-4-3-8(6-19)12(20)13(16,17)18/h1-6,12,20H,7H2. The van der Waals surface area contributed by atoms with Crippen molar-refractivity contribution in [3.63, 3.8) is 0 Å². The lowest BCUT2D eigenvalue weighted by molar-refractivity contribution is -0.206. The fraction of sp³-hybridized carbons (Fsp3) is 0.231. The number of nitrogens with zero attached hydrogens (tertiary/aromatic N) is 1. The first-order valence-electron chi connectivity index (χ1n) is 5.62. The summed E-state index contributed by atoms with van der Waals surface area (Å²) in [5, 5.41) is 9.44. The molecule has 2 aromatic rings. The van der Waals surface area contributed by atoms with E-state index in [2.05, 4.69) is 0 Å². The third-order valence-electron chi connectivity index (χ3n) is 2.76. The first-order valence-corrected chi connectivity index (χ1v) is 5.99. The Labute approximate surface area is 117 Å². The molecule has 0 aliphatic carbocycles. The van der Waals surface area contributed by atoms with E-state index in [0.29, 0.717) is 5.02 Å². The molecule has 1 aromatic heterocycles. The van der Waals surface area contributed by atoms with Crippen LogP contribution in [0.15, 0.2) is 36.7 Å². The summed E-state index contributed by atoms with van der Waals surface area (Å²) in [6, 6.07) is 5.11. The molecule has 0 saturated carbocycles. The van der Waals surface area contributed by atoms with Crippen LogP contribution < -0.4 is 0 Å². The van der Waals surface area contributed by atoms with E-state index in [0.717, 1.165) is 12.3 Å². The molecule has 1 atom stereocenters. The molecule has 20 heavy (non-hydrogen) atoms. The van der Waals surface area contributed by atoms with E-state index in [1.807, 2.05) is 0 Å². The lowest BCUT2D eigenvalue weighted by Crippen LogP contribution is -2.19. The Bertz CT molecular complexity index is 609. The number of halogens is 5. The monoisotopic (exact) mass is 307 g/mol. The summed E-state index contributed by atoms with van der Waals surface area (Å²) in [5.41, 5.74) is -0.0407. The fourth-order valence-electron chi connectivity index (χ4n) is 1.77. The van der Waals surface area contributed by atoms with E-state index in [4.69, 9.17) is 16.7 Å². The summed E-state index contributed by atoms with van der Waals surface area (Å²) in [6.07, 6.45) is -4.82. The van der Waals surface area contributed by atoms with Gasteiger partial charge in [-0.25, -0.2) is 4.39 Å². The molecular weight excluding hydrogens is 298 g/mol. The quantitative estimate of drug-likeness (QED) is 0.854. The SMILES string of the molecule is OC(c1ccn(Cc2cc(Cl)ccc2F)c1)C(F)(F)F.